The lowest BCUT2D eigenvalue weighted by Gasteiger charge is -2.12. The van der Waals surface area contributed by atoms with E-state index in [4.69, 9.17) is 0 Å². The van der Waals surface area contributed by atoms with Gasteiger partial charge >= 0.3 is 11.9 Å². The molecule has 0 aliphatic heterocycles. The molecule has 0 rings (SSSR count). The molecule has 0 aliphatic carbocycles. The van der Waals surface area contributed by atoms with Crippen molar-refractivity contribution in [1.82, 2.24) is 0 Å². The van der Waals surface area contributed by atoms with Crippen LogP contribution in [0.3, 0.4) is 0 Å². The number of carbonyl (C=O) groups is 2. The van der Waals surface area contributed by atoms with Gasteiger partial charge in [-0.3, -0.25) is 0 Å². The average Bonchev–Trinajstić information content (AvgIpc) is 2.12. The van der Waals surface area contributed by atoms with Crippen molar-refractivity contribution in [1.29, 1.82) is 0 Å². The second-order valence-electron chi connectivity index (χ2n) is 3.51. The molecule has 86 valence electrons. The summed E-state index contributed by atoms with van der Waals surface area (Å²) in [7, 11) is 0. The third-order valence-corrected chi connectivity index (χ3v) is 1.83. The van der Waals surface area contributed by atoms with Gasteiger partial charge in [-0.1, -0.05) is 28.9 Å². The van der Waals surface area contributed by atoms with E-state index >= 15 is 0 Å². The lowest BCUT2D eigenvalue weighted by atomic mass is 10.2. The van der Waals surface area contributed by atoms with Gasteiger partial charge < -0.3 is 0 Å². The molecular weight excluding hydrogens is 264 g/mol. The maximum absolute atomic E-state index is 11.2. The number of carbonyl (C=O) groups excluding carboxylic acids is 2. The molecule has 0 aromatic heterocycles. The van der Waals surface area contributed by atoms with Crippen molar-refractivity contribution in [2.45, 2.75) is 38.4 Å². The first-order chi connectivity index (χ1) is 6.79. The van der Waals surface area contributed by atoms with Gasteiger partial charge in [-0.25, -0.2) is 19.4 Å². The zero-order valence-corrected chi connectivity index (χ0v) is 10.9. The Bertz CT molecular complexity index is 276. The van der Waals surface area contributed by atoms with E-state index in [1.807, 2.05) is 6.92 Å². The van der Waals surface area contributed by atoms with Crippen molar-refractivity contribution in [3.05, 3.63) is 11.6 Å². The Labute approximate surface area is 97.7 Å². The fourth-order valence-electron chi connectivity index (χ4n) is 0.630. The molecule has 5 heteroatoms. The summed E-state index contributed by atoms with van der Waals surface area (Å²) < 4.78 is -0.865. The zero-order valence-electron chi connectivity index (χ0n) is 9.30. The van der Waals surface area contributed by atoms with E-state index < -0.39 is 16.3 Å². The van der Waals surface area contributed by atoms with Crippen LogP contribution in [0.25, 0.3) is 0 Å². The number of halogens is 1. The van der Waals surface area contributed by atoms with Crippen LogP contribution in [0.15, 0.2) is 11.6 Å². The van der Waals surface area contributed by atoms with Crippen molar-refractivity contribution < 1.29 is 19.4 Å². The minimum Gasteiger partial charge on any atom is -0.246 e. The molecule has 0 N–H and O–H groups in total. The number of allylic oxidation sites excluding steroid dienone is 1. The van der Waals surface area contributed by atoms with E-state index in [2.05, 4.69) is 25.7 Å². The van der Waals surface area contributed by atoms with Crippen LogP contribution in [0.4, 0.5) is 0 Å². The second-order valence-corrected chi connectivity index (χ2v) is 5.49. The van der Waals surface area contributed by atoms with E-state index in [0.29, 0.717) is 5.57 Å². The van der Waals surface area contributed by atoms with Crippen LogP contribution in [-0.4, -0.2) is 16.3 Å². The number of hydrogen-bond acceptors (Lipinski definition) is 4. The molecule has 15 heavy (non-hydrogen) atoms. The van der Waals surface area contributed by atoms with Gasteiger partial charge in [0.25, 0.3) is 0 Å². The fourth-order valence-corrected chi connectivity index (χ4v) is 0.696. The maximum Gasteiger partial charge on any atom is 0.381 e. The monoisotopic (exact) mass is 278 g/mol. The van der Waals surface area contributed by atoms with Gasteiger partial charge in [0.05, 0.1) is 0 Å². The summed E-state index contributed by atoms with van der Waals surface area (Å²) >= 11 is 3.08. The average molecular weight is 279 g/mol. The molecule has 0 atom stereocenters. The molecule has 0 bridgehead atoms. The van der Waals surface area contributed by atoms with Crippen molar-refractivity contribution in [2.75, 3.05) is 0 Å². The number of hydrogen-bond donors (Lipinski definition) is 0. The summed E-state index contributed by atoms with van der Waals surface area (Å²) in [6.45, 7) is 6.68. The summed E-state index contributed by atoms with van der Waals surface area (Å²) in [5.74, 6) is -1.30. The maximum atomic E-state index is 11.2. The van der Waals surface area contributed by atoms with Gasteiger partial charge in [0, 0.05) is 5.57 Å². The molecule has 0 fully saturated rings. The topological polar surface area (TPSA) is 52.6 Å². The molecule has 0 saturated heterocycles. The lowest BCUT2D eigenvalue weighted by molar-refractivity contribution is -0.256. The standard InChI is InChI=1S/C10H15BrO4/c1-5-6-7(2)8(12)14-15-9(13)10(3,4)11/h6H,5H2,1-4H3. The van der Waals surface area contributed by atoms with Crippen LogP contribution in [0.2, 0.25) is 0 Å². The molecule has 0 heterocycles. The third kappa shape index (κ3) is 5.57. The van der Waals surface area contributed by atoms with Crippen molar-refractivity contribution in [3.8, 4) is 0 Å². The van der Waals surface area contributed by atoms with E-state index in [1.165, 1.54) is 0 Å². The van der Waals surface area contributed by atoms with Gasteiger partial charge in [0.15, 0.2) is 0 Å². The smallest absolute Gasteiger partial charge is 0.246 e. The number of alkyl halides is 1. The summed E-state index contributed by atoms with van der Waals surface area (Å²) in [5, 5.41) is 0. The van der Waals surface area contributed by atoms with Gasteiger partial charge in [-0.2, -0.15) is 0 Å². The Morgan fingerprint density at radius 3 is 2.27 bits per heavy atom. The molecule has 0 amide bonds. The normalized spacial score (nSPS) is 12.2. The van der Waals surface area contributed by atoms with Crippen LogP contribution >= 0.6 is 15.9 Å². The van der Waals surface area contributed by atoms with E-state index in [9.17, 15) is 9.59 Å². The van der Waals surface area contributed by atoms with E-state index in [-0.39, 0.29) is 0 Å². The highest BCUT2D eigenvalue weighted by Crippen LogP contribution is 2.17. The molecule has 0 saturated carbocycles. The molecule has 0 radical (unpaired) electrons. The van der Waals surface area contributed by atoms with Gasteiger partial charge in [0.2, 0.25) is 0 Å². The Balaban J connectivity index is 4.14. The first-order valence-corrected chi connectivity index (χ1v) is 5.37. The SMILES string of the molecule is CCC=C(C)C(=O)OOC(=O)C(C)(C)Br. The molecule has 0 aromatic rings. The largest absolute Gasteiger partial charge is 0.381 e. The van der Waals surface area contributed by atoms with Crippen LogP contribution in [0, 0.1) is 0 Å². The Morgan fingerprint density at radius 2 is 1.87 bits per heavy atom. The highest BCUT2D eigenvalue weighted by atomic mass is 79.9. The summed E-state index contributed by atoms with van der Waals surface area (Å²) in [4.78, 5) is 31.1. The third-order valence-electron chi connectivity index (χ3n) is 1.51. The number of rotatable bonds is 3. The van der Waals surface area contributed by atoms with Crippen molar-refractivity contribution in [2.24, 2.45) is 0 Å². The van der Waals surface area contributed by atoms with Crippen LogP contribution in [-0.2, 0) is 19.4 Å². The minimum absolute atomic E-state index is 0.415. The molecule has 0 aromatic carbocycles. The van der Waals surface area contributed by atoms with Gasteiger partial charge in [-0.15, -0.1) is 0 Å². The van der Waals surface area contributed by atoms with Crippen molar-refractivity contribution >= 4 is 27.9 Å². The predicted octanol–water partition coefficient (Wildman–Crippen LogP) is 2.52. The molecule has 4 nitrogen and oxygen atoms in total. The highest BCUT2D eigenvalue weighted by Gasteiger charge is 2.28. The molecule has 0 unspecified atom stereocenters. The van der Waals surface area contributed by atoms with Crippen LogP contribution in [0.5, 0.6) is 0 Å². The Hall–Kier alpha value is -0.840. The van der Waals surface area contributed by atoms with Crippen LogP contribution in [0.1, 0.15) is 34.1 Å². The minimum atomic E-state index is -0.865. The zero-order chi connectivity index (χ0) is 12.1. The Kier molecular flexibility index (Phi) is 5.57. The van der Waals surface area contributed by atoms with E-state index in [1.54, 1.807) is 26.8 Å². The summed E-state index contributed by atoms with van der Waals surface area (Å²) in [6.07, 6.45) is 2.41. The van der Waals surface area contributed by atoms with Crippen LogP contribution < -0.4 is 0 Å². The quantitative estimate of drug-likeness (QED) is 0.345. The molecular formula is C10H15BrO4. The van der Waals surface area contributed by atoms with Crippen molar-refractivity contribution in [3.63, 3.8) is 0 Å². The summed E-state index contributed by atoms with van der Waals surface area (Å²) in [5.41, 5.74) is 0.415. The second kappa shape index (κ2) is 5.90. The Morgan fingerprint density at radius 1 is 1.33 bits per heavy atom. The van der Waals surface area contributed by atoms with E-state index in [0.717, 1.165) is 6.42 Å². The molecule has 0 spiro atoms. The first kappa shape index (κ1) is 14.2. The highest BCUT2D eigenvalue weighted by molar-refractivity contribution is 9.10. The molecule has 0 aliphatic rings. The first-order valence-electron chi connectivity index (χ1n) is 4.58. The summed E-state index contributed by atoms with van der Waals surface area (Å²) in [6, 6.07) is 0. The lowest BCUT2D eigenvalue weighted by Crippen LogP contribution is -2.27. The fraction of sp³-hybridized carbons (Fsp3) is 0.600. The predicted molar refractivity (Wildman–Crippen MR) is 59.2 cm³/mol. The van der Waals surface area contributed by atoms with Gasteiger partial charge in [0.1, 0.15) is 4.32 Å². The van der Waals surface area contributed by atoms with Gasteiger partial charge in [-0.05, 0) is 27.2 Å².